The molecule has 7 heteroatoms. The van der Waals surface area contributed by atoms with E-state index >= 15 is 0 Å². The molecule has 1 N–H and O–H groups in total. The van der Waals surface area contributed by atoms with Gasteiger partial charge in [0.25, 0.3) is 5.91 Å². The van der Waals surface area contributed by atoms with Crippen LogP contribution in [0.2, 0.25) is 0 Å². The quantitative estimate of drug-likeness (QED) is 0.846. The molecule has 1 aromatic rings. The van der Waals surface area contributed by atoms with Crippen LogP contribution in [-0.4, -0.2) is 40.3 Å². The monoisotopic (exact) mass is 381 g/mol. The van der Waals surface area contributed by atoms with Crippen LogP contribution in [0.3, 0.4) is 0 Å². The van der Waals surface area contributed by atoms with Crippen LogP contribution in [0.25, 0.3) is 0 Å². The number of hydrogen-bond acceptors (Lipinski definition) is 3. The van der Waals surface area contributed by atoms with Crippen molar-refractivity contribution < 1.29 is 28.2 Å². The van der Waals surface area contributed by atoms with Gasteiger partial charge in [-0.25, -0.2) is 13.6 Å². The van der Waals surface area contributed by atoms with E-state index in [2.05, 4.69) is 20.8 Å². The van der Waals surface area contributed by atoms with E-state index in [0.717, 1.165) is 25.0 Å². The van der Waals surface area contributed by atoms with Crippen LogP contribution in [0.5, 0.6) is 0 Å². The summed E-state index contributed by atoms with van der Waals surface area (Å²) in [7, 11) is 0. The van der Waals surface area contributed by atoms with Crippen molar-refractivity contribution in [2.75, 3.05) is 6.61 Å². The molecule has 1 aliphatic heterocycles. The van der Waals surface area contributed by atoms with Gasteiger partial charge in [0, 0.05) is 6.07 Å². The van der Waals surface area contributed by atoms with E-state index in [4.69, 9.17) is 4.74 Å². The smallest absolute Gasteiger partial charge is 0.328 e. The number of aliphatic carboxylic acids is 1. The fraction of sp³-hybridized carbons (Fsp3) is 0.600. The molecule has 3 rings (SSSR count). The van der Waals surface area contributed by atoms with Crippen LogP contribution < -0.4 is 0 Å². The van der Waals surface area contributed by atoms with E-state index in [9.17, 15) is 23.5 Å². The predicted octanol–water partition coefficient (Wildman–Crippen LogP) is 3.82. The Labute approximate surface area is 157 Å². The normalized spacial score (nSPS) is 28.6. The van der Waals surface area contributed by atoms with E-state index in [1.54, 1.807) is 0 Å². The Morgan fingerprint density at radius 1 is 1.22 bits per heavy atom. The summed E-state index contributed by atoms with van der Waals surface area (Å²) in [4.78, 5) is 25.9. The van der Waals surface area contributed by atoms with Crippen molar-refractivity contribution in [3.8, 4) is 0 Å². The molecule has 0 bridgehead atoms. The van der Waals surface area contributed by atoms with Crippen LogP contribution in [0.4, 0.5) is 8.78 Å². The van der Waals surface area contributed by atoms with Gasteiger partial charge in [-0.05, 0) is 49.1 Å². The van der Waals surface area contributed by atoms with Crippen LogP contribution in [0, 0.1) is 23.0 Å². The largest absolute Gasteiger partial charge is 0.480 e. The summed E-state index contributed by atoms with van der Waals surface area (Å²) in [6.45, 7) is 6.33. The summed E-state index contributed by atoms with van der Waals surface area (Å²) >= 11 is 0. The Kier molecular flexibility index (Phi) is 5.01. The van der Waals surface area contributed by atoms with Crippen molar-refractivity contribution in [1.29, 1.82) is 0 Å². The summed E-state index contributed by atoms with van der Waals surface area (Å²) in [6, 6.07) is 1.49. The van der Waals surface area contributed by atoms with Gasteiger partial charge >= 0.3 is 5.97 Å². The molecule has 27 heavy (non-hydrogen) atoms. The number of amides is 1. The van der Waals surface area contributed by atoms with Gasteiger partial charge in [0.15, 0.2) is 6.04 Å². The maximum atomic E-state index is 14.2. The number of nitrogens with zero attached hydrogens (tertiary/aromatic N) is 1. The van der Waals surface area contributed by atoms with Gasteiger partial charge in [-0.1, -0.05) is 20.8 Å². The molecule has 2 aliphatic rings. The molecule has 1 saturated carbocycles. The maximum Gasteiger partial charge on any atom is 0.328 e. The molecule has 1 saturated heterocycles. The number of hydrogen-bond donors (Lipinski definition) is 1. The highest BCUT2D eigenvalue weighted by Gasteiger charge is 2.55. The second-order valence-corrected chi connectivity index (χ2v) is 8.55. The Hall–Kier alpha value is -2.02. The SMILES string of the molecule is CC(C)(C)C1CCC2(CC1)OC[C@@H](C(=O)O)N2C(=O)c1ccc(F)cc1F. The average molecular weight is 381 g/mol. The number of carbonyl (C=O) groups excluding carboxylic acids is 1. The number of carbonyl (C=O) groups is 2. The lowest BCUT2D eigenvalue weighted by Gasteiger charge is -2.46. The fourth-order valence-corrected chi connectivity index (χ4v) is 4.28. The van der Waals surface area contributed by atoms with Gasteiger partial charge in [0.1, 0.15) is 17.4 Å². The standard InChI is InChI=1S/C20H25F2NO4/c1-19(2,3)12-6-8-20(9-7-12)23(16(11-27-20)18(25)26)17(24)14-5-4-13(21)10-15(14)22/h4-5,10,12,16H,6-9,11H2,1-3H3,(H,25,26)/t12?,16-,20?/m0/s1. The van der Waals surface area contributed by atoms with Gasteiger partial charge in [0.2, 0.25) is 0 Å². The van der Waals surface area contributed by atoms with Crippen LogP contribution >= 0.6 is 0 Å². The maximum absolute atomic E-state index is 14.2. The molecule has 1 aliphatic carbocycles. The van der Waals surface area contributed by atoms with Crippen molar-refractivity contribution >= 4 is 11.9 Å². The minimum atomic E-state index is -1.19. The van der Waals surface area contributed by atoms with Gasteiger partial charge in [-0.3, -0.25) is 9.69 Å². The predicted molar refractivity (Wildman–Crippen MR) is 94.0 cm³/mol. The molecule has 2 fully saturated rings. The number of carboxylic acid groups (broad SMARTS) is 1. The molecule has 0 radical (unpaired) electrons. The molecule has 148 valence electrons. The third-order valence-electron chi connectivity index (χ3n) is 5.92. The lowest BCUT2D eigenvalue weighted by atomic mass is 9.70. The molecule has 5 nitrogen and oxygen atoms in total. The van der Waals surface area contributed by atoms with Gasteiger partial charge < -0.3 is 9.84 Å². The summed E-state index contributed by atoms with van der Waals surface area (Å²) in [5.74, 6) is -3.34. The first-order valence-corrected chi connectivity index (χ1v) is 9.21. The highest BCUT2D eigenvalue weighted by atomic mass is 19.1. The van der Waals surface area contributed by atoms with Crippen LogP contribution in [0.15, 0.2) is 18.2 Å². The third-order valence-corrected chi connectivity index (χ3v) is 5.92. The number of carboxylic acids is 1. The van der Waals surface area contributed by atoms with Crippen molar-refractivity contribution in [2.45, 2.75) is 58.2 Å². The molecule has 0 unspecified atom stereocenters. The Morgan fingerprint density at radius 2 is 1.85 bits per heavy atom. The first-order valence-electron chi connectivity index (χ1n) is 9.21. The number of ether oxygens (including phenoxy) is 1. The Balaban J connectivity index is 1.93. The van der Waals surface area contributed by atoms with E-state index in [-0.39, 0.29) is 17.6 Å². The zero-order valence-electron chi connectivity index (χ0n) is 15.8. The van der Waals surface area contributed by atoms with Crippen molar-refractivity contribution in [3.63, 3.8) is 0 Å². The first kappa shape index (κ1) is 19.7. The minimum absolute atomic E-state index is 0.102. The molecule has 1 heterocycles. The molecule has 1 amide bonds. The van der Waals surface area contributed by atoms with Crippen molar-refractivity contribution in [2.24, 2.45) is 11.3 Å². The van der Waals surface area contributed by atoms with E-state index in [0.29, 0.717) is 24.8 Å². The Bertz CT molecular complexity index is 751. The van der Waals surface area contributed by atoms with E-state index in [1.165, 1.54) is 4.90 Å². The molecule has 1 spiro atoms. The van der Waals surface area contributed by atoms with Crippen molar-refractivity contribution in [1.82, 2.24) is 4.90 Å². The van der Waals surface area contributed by atoms with Crippen LogP contribution in [0.1, 0.15) is 56.8 Å². The Morgan fingerprint density at radius 3 is 2.37 bits per heavy atom. The molecule has 1 atom stereocenters. The van der Waals surface area contributed by atoms with E-state index in [1.807, 2.05) is 0 Å². The summed E-state index contributed by atoms with van der Waals surface area (Å²) in [6.07, 6.45) is 2.55. The second-order valence-electron chi connectivity index (χ2n) is 8.55. The summed E-state index contributed by atoms with van der Waals surface area (Å²) in [5.41, 5.74) is -1.29. The number of halogens is 2. The van der Waals surface area contributed by atoms with E-state index < -0.39 is 35.3 Å². The zero-order valence-corrected chi connectivity index (χ0v) is 15.8. The lowest BCUT2D eigenvalue weighted by molar-refractivity contribution is -0.144. The van der Waals surface area contributed by atoms with Gasteiger partial charge in [-0.15, -0.1) is 0 Å². The lowest BCUT2D eigenvalue weighted by Crippen LogP contribution is -2.55. The average Bonchev–Trinajstić information content (AvgIpc) is 2.93. The molecular weight excluding hydrogens is 356 g/mol. The van der Waals surface area contributed by atoms with Gasteiger partial charge in [-0.2, -0.15) is 0 Å². The minimum Gasteiger partial charge on any atom is -0.480 e. The van der Waals surface area contributed by atoms with Crippen molar-refractivity contribution in [3.05, 3.63) is 35.4 Å². The first-order chi connectivity index (χ1) is 12.5. The second kappa shape index (κ2) is 6.86. The summed E-state index contributed by atoms with van der Waals surface area (Å²) < 4.78 is 33.3. The number of rotatable bonds is 2. The summed E-state index contributed by atoms with van der Waals surface area (Å²) in [5, 5.41) is 9.56. The van der Waals surface area contributed by atoms with Crippen LogP contribution in [-0.2, 0) is 9.53 Å². The van der Waals surface area contributed by atoms with Gasteiger partial charge in [0.05, 0.1) is 12.2 Å². The topological polar surface area (TPSA) is 66.8 Å². The molecular formula is C20H25F2NO4. The number of benzene rings is 1. The highest BCUT2D eigenvalue weighted by Crippen LogP contribution is 2.47. The zero-order chi connectivity index (χ0) is 20.0. The third kappa shape index (κ3) is 3.57. The highest BCUT2D eigenvalue weighted by molar-refractivity contribution is 5.97. The molecule has 1 aromatic carbocycles. The molecule has 0 aromatic heterocycles. The fourth-order valence-electron chi connectivity index (χ4n) is 4.28.